The van der Waals surface area contributed by atoms with Crippen LogP contribution in [0.1, 0.15) is 240 Å². The lowest BCUT2D eigenvalue weighted by Crippen LogP contribution is -2.81. The smallest absolute Gasteiger partial charge is 0.411 e. The molecule has 742 valence electrons. The van der Waals surface area contributed by atoms with Gasteiger partial charge in [0, 0.05) is 85.5 Å². The van der Waals surface area contributed by atoms with Crippen molar-refractivity contribution in [2.24, 2.45) is 22.8 Å². The van der Waals surface area contributed by atoms with Crippen LogP contribution >= 0.6 is 0 Å². The van der Waals surface area contributed by atoms with Gasteiger partial charge in [-0.2, -0.15) is 0 Å². The Morgan fingerprint density at radius 3 is 1.16 bits per heavy atom. The van der Waals surface area contributed by atoms with E-state index in [9.17, 15) is 97.1 Å². The number of aliphatic hydroxyl groups excluding tert-OH is 5. The molecule has 15 aliphatic rings. The zero-order chi connectivity index (χ0) is 98.0. The van der Waals surface area contributed by atoms with Crippen molar-refractivity contribution in [2.45, 2.75) is 357 Å². The second-order valence-corrected chi connectivity index (χ2v) is 41.7. The van der Waals surface area contributed by atoms with E-state index in [0.29, 0.717) is 97.6 Å². The third kappa shape index (κ3) is 21.3. The van der Waals surface area contributed by atoms with E-state index in [-0.39, 0.29) is 71.5 Å². The number of rotatable bonds is 20. The Balaban J connectivity index is 0.000000167. The molecule has 132 heavy (non-hydrogen) atoms. The van der Waals surface area contributed by atoms with E-state index in [0.717, 1.165) is 123 Å². The average Bonchev–Trinajstić information content (AvgIpc) is 1.41. The molecule has 14 heterocycles. The number of esters is 2. The number of nitrogens with one attached hydrogen (secondary N) is 3. The molecule has 15 rings (SSSR count). The van der Waals surface area contributed by atoms with E-state index in [1.165, 1.54) is 62.0 Å². The molecule has 0 aromatic carbocycles. The number of likely N-dealkylation sites (tertiary alicyclic amines) is 11. The minimum atomic E-state index is -1.10. The van der Waals surface area contributed by atoms with Gasteiger partial charge >= 0.3 is 24.1 Å². The normalized spacial score (nSPS) is 30.0. The van der Waals surface area contributed by atoms with Crippen molar-refractivity contribution in [2.75, 3.05) is 111 Å². The molecule has 0 aromatic rings. The Labute approximate surface area is 773 Å². The van der Waals surface area contributed by atoms with Crippen molar-refractivity contribution in [3.63, 3.8) is 0 Å². The summed E-state index contributed by atoms with van der Waals surface area (Å²) in [5.41, 5.74) is 4.43. The topological polar surface area (TPSA) is 535 Å². The van der Waals surface area contributed by atoms with Crippen molar-refractivity contribution in [3.05, 3.63) is 0 Å². The third-order valence-electron chi connectivity index (χ3n) is 28.5. The number of ether oxygens (including phenoxy) is 4. The highest BCUT2D eigenvalue weighted by Crippen LogP contribution is 2.54. The van der Waals surface area contributed by atoms with Crippen LogP contribution in [0.3, 0.4) is 0 Å². The lowest BCUT2D eigenvalue weighted by atomic mass is 9.69. The molecule has 15 fully saturated rings. The summed E-state index contributed by atoms with van der Waals surface area (Å²) < 4.78 is 21.8. The zero-order valence-electron chi connectivity index (χ0n) is 80.4. The van der Waals surface area contributed by atoms with Gasteiger partial charge in [-0.3, -0.25) is 76.9 Å². The summed E-state index contributed by atoms with van der Waals surface area (Å²) in [5, 5.41) is 58.1. The Morgan fingerprint density at radius 1 is 0.424 bits per heavy atom. The zero-order valence-corrected chi connectivity index (χ0v) is 80.4. The van der Waals surface area contributed by atoms with Gasteiger partial charge in [0.2, 0.25) is 53.2 Å². The molecule has 19 atom stereocenters. The van der Waals surface area contributed by atoms with Crippen molar-refractivity contribution in [1.29, 1.82) is 0 Å². The monoisotopic (exact) mass is 1870 g/mol. The highest BCUT2D eigenvalue weighted by molar-refractivity contribution is 6.04. The number of carbonyl (C=O) groups is 16. The van der Waals surface area contributed by atoms with Crippen molar-refractivity contribution < 1.29 is 121 Å². The number of nitrogens with two attached hydrogens (primary N) is 2. The molecule has 14 aliphatic heterocycles. The summed E-state index contributed by atoms with van der Waals surface area (Å²) in [7, 11) is 0. The highest BCUT2D eigenvalue weighted by Gasteiger charge is 2.70. The van der Waals surface area contributed by atoms with E-state index in [1.54, 1.807) is 88.8 Å². The lowest BCUT2D eigenvalue weighted by Gasteiger charge is -2.58. The largest absolute Gasteiger partial charge is 0.460 e. The molecule has 0 radical (unpaired) electrons. The minimum Gasteiger partial charge on any atom is -0.460 e. The molecule has 6 spiro atoms. The Morgan fingerprint density at radius 2 is 0.811 bits per heavy atom. The standard InChI is InChI=1S/C22H34N2O6.C19H31N3O5.C16H27N3O5.C14H23N3O3.C11H18N2O3.C9H15N3O3/c1-14(29-15(2)25)17(18(26)23-11-6-7-12-23)24-13-22(20(24)28)10-8-9-16(22)19(27)30-21(3,4)5;1-13(23)14(15(24)20-9-5-6-10-20)21-12-19(16(21)25)8-7-11-22(19)17(26)27-18(2,3)4;1-9(20)11(12(17)21)19-10(2)16(13(19)22)7-6-8-18(16)14(23)24-15(3,4)5;1-10(18)11(12(19)16-7-2-3-8-16)17-9-14(13(17)20)5-4-6-15-14;1-7(14)9(8(2)15)13-6-11(10(13)16)4-3-5-12-11;10-7(14)6(4-13)12-5-9(8(12)15)2-1-3-11-9/h14,16-17H,6-13H2,1-5H3;13-14,23H,5-12H2,1-4H3;9-11,20H,6-8H2,1-5H3,(H2,17,21);10-11,15,18H,2-9H2,1H3;7,9,12,14H,3-6H2,1-2H3;6,11,13H,1-5H2,(H2,10,14)/t14-,16?,17+,22?;13-,14+,19?;9-,10?,11+,16?;;;/m111.../s1. The third-order valence-corrected chi connectivity index (χ3v) is 28.5. The number of amides is 13. The number of hydrogen-bond donors (Lipinski definition) is 10. The Hall–Kier alpha value is -9.00. The van der Waals surface area contributed by atoms with E-state index in [2.05, 4.69) is 16.0 Å². The van der Waals surface area contributed by atoms with E-state index >= 15 is 0 Å². The molecule has 14 saturated heterocycles. The molecule has 13 unspecified atom stereocenters. The van der Waals surface area contributed by atoms with Gasteiger partial charge < -0.3 is 116 Å². The van der Waals surface area contributed by atoms with Gasteiger partial charge in [0.05, 0.1) is 54.9 Å². The number of hydrogen-bond acceptors (Lipinski definition) is 28. The summed E-state index contributed by atoms with van der Waals surface area (Å²) >= 11 is 0. The first-order valence-electron chi connectivity index (χ1n) is 47.4. The summed E-state index contributed by atoms with van der Waals surface area (Å²) in [5.74, 6) is -4.37. The van der Waals surface area contributed by atoms with Gasteiger partial charge in [0.25, 0.3) is 11.8 Å². The van der Waals surface area contributed by atoms with Crippen molar-refractivity contribution in [1.82, 2.24) is 69.8 Å². The fourth-order valence-corrected chi connectivity index (χ4v) is 22.1. The number of Topliss-reactive ketones (excluding diaryl/α,β-unsaturated/α-hetero) is 1. The molecule has 12 N–H and O–H groups in total. The molecule has 41 nitrogen and oxygen atoms in total. The summed E-state index contributed by atoms with van der Waals surface area (Å²) in [6.07, 6.45) is 10.2. The first-order valence-corrected chi connectivity index (χ1v) is 47.4. The molecule has 1 aliphatic carbocycles. The van der Waals surface area contributed by atoms with Gasteiger partial charge in [-0.05, 0) is 246 Å². The quantitative estimate of drug-likeness (QED) is 0.0417. The first-order chi connectivity index (χ1) is 61.6. The maximum atomic E-state index is 13.4. The number of carbonyl (C=O) groups excluding carboxylic acids is 16. The van der Waals surface area contributed by atoms with E-state index in [1.807, 2.05) is 20.8 Å². The van der Waals surface area contributed by atoms with Crippen molar-refractivity contribution in [3.8, 4) is 0 Å². The predicted octanol–water partition coefficient (Wildman–Crippen LogP) is -0.500. The minimum absolute atomic E-state index is 0.0200. The Kier molecular flexibility index (Phi) is 32.9. The lowest BCUT2D eigenvalue weighted by molar-refractivity contribution is -0.189. The van der Waals surface area contributed by atoms with Crippen LogP contribution in [0.2, 0.25) is 0 Å². The molecule has 0 aromatic heterocycles. The van der Waals surface area contributed by atoms with Crippen LogP contribution in [-0.2, 0) is 86.1 Å². The van der Waals surface area contributed by atoms with Gasteiger partial charge in [0.15, 0.2) is 5.78 Å². The summed E-state index contributed by atoms with van der Waals surface area (Å²) in [6.45, 7) is 37.6. The van der Waals surface area contributed by atoms with Crippen LogP contribution in [0.4, 0.5) is 9.59 Å². The van der Waals surface area contributed by atoms with Gasteiger partial charge in [-0.1, -0.05) is 6.42 Å². The molecule has 1 saturated carbocycles. The van der Waals surface area contributed by atoms with Gasteiger partial charge in [-0.15, -0.1) is 0 Å². The number of β-lactam (4-membered cyclic amide) rings is 6. The molecule has 13 amide bonds. The van der Waals surface area contributed by atoms with E-state index in [4.69, 9.17) is 35.5 Å². The molecular weight excluding hydrogens is 1720 g/mol. The summed E-state index contributed by atoms with van der Waals surface area (Å²) in [4.78, 5) is 215. The van der Waals surface area contributed by atoms with Gasteiger partial charge in [-0.25, -0.2) is 9.59 Å². The molecule has 41 heteroatoms. The maximum Gasteiger partial charge on any atom is 0.411 e. The average molecular weight is 1870 g/mol. The van der Waals surface area contributed by atoms with Crippen LogP contribution in [0.5, 0.6) is 0 Å². The Bertz CT molecular complexity index is 4280. The number of primary amides is 2. The fourth-order valence-electron chi connectivity index (χ4n) is 22.1. The highest BCUT2D eigenvalue weighted by atomic mass is 16.6. The predicted molar refractivity (Wildman–Crippen MR) is 474 cm³/mol. The second kappa shape index (κ2) is 41.3. The first kappa shape index (κ1) is 105. The van der Waals surface area contributed by atoms with Crippen LogP contribution in [-0.4, -0.2) is 403 Å². The molecule has 0 bridgehead atoms. The van der Waals surface area contributed by atoms with Crippen LogP contribution in [0.25, 0.3) is 0 Å². The van der Waals surface area contributed by atoms with Crippen molar-refractivity contribution >= 4 is 94.9 Å². The number of ketones is 1. The summed E-state index contributed by atoms with van der Waals surface area (Å²) in [6, 6.07) is -5.53. The maximum absolute atomic E-state index is 13.4. The van der Waals surface area contributed by atoms with Crippen LogP contribution < -0.4 is 27.4 Å². The van der Waals surface area contributed by atoms with Gasteiger partial charge in [0.1, 0.15) is 86.9 Å². The molecular formula is C91H148N16O25. The number of nitrogens with zero attached hydrogens (tertiary/aromatic N) is 11. The SMILES string of the molecule is CC(=O)C(C(C)O)N1CC2(CCCN2)C1=O.CC(=O)O[C@H](C)[C@@H](C(=O)N1CCCC1)N1CC2(CCCC2C(=O)OC(C)(C)C)C1=O.CC(O)C(C(=O)N1CCCC1)N1CC2(CCCN2)C1=O.CC1N([C@H](C(N)=O)[C@@H](C)O)C(=O)C12CCCN2C(=O)OC(C)(C)C.C[C@@H](O)[C@@H](C(=O)N1CCCC1)N1CC2(CCCN2C(=O)OC(C)(C)C)C1=O.NC(=O)C(CO)N1CC2(CCCN2)C1=O. The fraction of sp³-hybridized carbons (Fsp3) is 0.824. The van der Waals surface area contributed by atoms with E-state index < -0.39 is 165 Å². The van der Waals surface area contributed by atoms with Crippen LogP contribution in [0, 0.1) is 11.3 Å². The van der Waals surface area contributed by atoms with Crippen LogP contribution in [0.15, 0.2) is 0 Å². The second-order valence-electron chi connectivity index (χ2n) is 41.7. The number of aliphatic hydroxyl groups is 5.